The van der Waals surface area contributed by atoms with Gasteiger partial charge >= 0.3 is 0 Å². The molecule has 4 nitrogen and oxygen atoms in total. The number of Topliss-reactive ketones (excluding diaryl/α,β-unsaturated/α-hetero) is 1. The van der Waals surface area contributed by atoms with Crippen LogP contribution in [0.1, 0.15) is 22.5 Å². The number of ketones is 1. The molecular weight excluding hydrogens is 158 g/mol. The molecule has 2 rings (SSSR count). The van der Waals surface area contributed by atoms with Gasteiger partial charge in [-0.3, -0.25) is 4.79 Å². The largest absolute Gasteiger partial charge is 0.396 e. The van der Waals surface area contributed by atoms with Crippen LogP contribution in [0.2, 0.25) is 0 Å². The minimum absolute atomic E-state index is 0.0120. The molecule has 1 aliphatic carbocycles. The lowest BCUT2D eigenvalue weighted by Gasteiger charge is -2.16. The molecule has 4 heteroatoms. The van der Waals surface area contributed by atoms with Gasteiger partial charge < -0.3 is 9.63 Å². The Kier molecular flexibility index (Phi) is 1.69. The van der Waals surface area contributed by atoms with Crippen molar-refractivity contribution in [3.8, 4) is 0 Å². The molecule has 0 saturated heterocycles. The summed E-state index contributed by atoms with van der Waals surface area (Å²) >= 11 is 0. The maximum Gasteiger partial charge on any atom is 0.168 e. The van der Waals surface area contributed by atoms with Crippen LogP contribution < -0.4 is 0 Å². The molecule has 0 fully saturated rings. The Morgan fingerprint density at radius 1 is 1.67 bits per heavy atom. The third kappa shape index (κ3) is 1.04. The van der Waals surface area contributed by atoms with Crippen molar-refractivity contribution < 1.29 is 14.4 Å². The summed E-state index contributed by atoms with van der Waals surface area (Å²) in [5.74, 6) is 0.653. The fourth-order valence-electron chi connectivity index (χ4n) is 1.47. The number of nitrogens with zero attached hydrogens (tertiary/aromatic N) is 1. The van der Waals surface area contributed by atoms with Gasteiger partial charge in [0.25, 0.3) is 0 Å². The molecule has 1 heterocycles. The highest BCUT2D eigenvalue weighted by molar-refractivity contribution is 5.97. The first-order valence-corrected chi connectivity index (χ1v) is 3.89. The topological polar surface area (TPSA) is 63.3 Å². The van der Waals surface area contributed by atoms with Gasteiger partial charge in [0.05, 0.1) is 11.8 Å². The van der Waals surface area contributed by atoms with E-state index in [1.807, 2.05) is 0 Å². The van der Waals surface area contributed by atoms with Gasteiger partial charge in [0.1, 0.15) is 5.76 Å². The molecule has 1 aliphatic rings. The number of aliphatic hydroxyl groups is 1. The summed E-state index contributed by atoms with van der Waals surface area (Å²) in [6, 6.07) is 0. The Balaban J connectivity index is 2.32. The summed E-state index contributed by atoms with van der Waals surface area (Å²) in [4.78, 5) is 11.3. The van der Waals surface area contributed by atoms with Crippen molar-refractivity contribution in [2.75, 3.05) is 6.61 Å². The van der Waals surface area contributed by atoms with Gasteiger partial charge in [0, 0.05) is 19.4 Å². The predicted octanol–water partition coefficient (Wildman–Crippen LogP) is 0.412. The maximum absolute atomic E-state index is 11.3. The van der Waals surface area contributed by atoms with Crippen molar-refractivity contribution in [1.29, 1.82) is 0 Å². The van der Waals surface area contributed by atoms with Crippen LogP contribution in [0.4, 0.5) is 0 Å². The zero-order valence-electron chi connectivity index (χ0n) is 6.49. The van der Waals surface area contributed by atoms with Gasteiger partial charge in [0.2, 0.25) is 0 Å². The van der Waals surface area contributed by atoms with E-state index in [1.54, 1.807) is 0 Å². The molecule has 1 aromatic heterocycles. The quantitative estimate of drug-likeness (QED) is 0.658. The van der Waals surface area contributed by atoms with E-state index in [4.69, 9.17) is 9.63 Å². The predicted molar refractivity (Wildman–Crippen MR) is 39.7 cm³/mol. The highest BCUT2D eigenvalue weighted by Gasteiger charge is 2.27. The van der Waals surface area contributed by atoms with Crippen molar-refractivity contribution in [2.45, 2.75) is 12.8 Å². The number of aromatic nitrogens is 1. The lowest BCUT2D eigenvalue weighted by molar-refractivity contribution is 0.0910. The van der Waals surface area contributed by atoms with E-state index < -0.39 is 0 Å². The number of hydrogen-bond acceptors (Lipinski definition) is 4. The molecule has 0 amide bonds. The number of rotatable bonds is 1. The van der Waals surface area contributed by atoms with E-state index in [9.17, 15) is 4.79 Å². The zero-order valence-corrected chi connectivity index (χ0v) is 6.49. The minimum atomic E-state index is 0.0120. The summed E-state index contributed by atoms with van der Waals surface area (Å²) in [7, 11) is 0. The van der Waals surface area contributed by atoms with Gasteiger partial charge in [0.15, 0.2) is 5.78 Å². The average Bonchev–Trinajstić information content (AvgIpc) is 2.52. The molecule has 0 aliphatic heterocycles. The minimum Gasteiger partial charge on any atom is -0.396 e. The van der Waals surface area contributed by atoms with E-state index >= 15 is 0 Å². The average molecular weight is 167 g/mol. The van der Waals surface area contributed by atoms with Crippen LogP contribution in [-0.4, -0.2) is 22.7 Å². The molecule has 1 aromatic rings. The van der Waals surface area contributed by atoms with Gasteiger partial charge in [-0.05, 0) is 5.92 Å². The molecule has 0 aromatic carbocycles. The second kappa shape index (κ2) is 2.71. The van der Waals surface area contributed by atoms with Gasteiger partial charge in [-0.2, -0.15) is 0 Å². The van der Waals surface area contributed by atoms with Crippen LogP contribution in [-0.2, 0) is 6.42 Å². The summed E-state index contributed by atoms with van der Waals surface area (Å²) in [6.07, 6.45) is 2.48. The summed E-state index contributed by atoms with van der Waals surface area (Å²) in [5.41, 5.74) is 0.583. The van der Waals surface area contributed by atoms with E-state index in [2.05, 4.69) is 5.16 Å². The molecule has 64 valence electrons. The van der Waals surface area contributed by atoms with Crippen LogP contribution in [0.5, 0.6) is 0 Å². The first-order chi connectivity index (χ1) is 5.81. The lowest BCUT2D eigenvalue weighted by atomic mass is 9.88. The first-order valence-electron chi connectivity index (χ1n) is 3.89. The van der Waals surface area contributed by atoms with Crippen molar-refractivity contribution in [3.63, 3.8) is 0 Å². The Labute approximate surface area is 69.2 Å². The van der Waals surface area contributed by atoms with Crippen LogP contribution >= 0.6 is 0 Å². The van der Waals surface area contributed by atoms with Crippen molar-refractivity contribution in [1.82, 2.24) is 5.16 Å². The van der Waals surface area contributed by atoms with Crippen molar-refractivity contribution in [2.24, 2.45) is 5.92 Å². The SMILES string of the molecule is O=C1CC(CO)Cc2oncc21. The Bertz CT molecular complexity index is 305. The second-order valence-corrected chi connectivity index (χ2v) is 3.04. The highest BCUT2D eigenvalue weighted by Crippen LogP contribution is 2.24. The molecule has 0 radical (unpaired) electrons. The Hall–Kier alpha value is -1.16. The third-order valence-corrected chi connectivity index (χ3v) is 2.15. The smallest absolute Gasteiger partial charge is 0.168 e. The summed E-state index contributed by atoms with van der Waals surface area (Å²) in [6.45, 7) is 0.0336. The number of aliphatic hydroxyl groups excluding tert-OH is 1. The molecule has 1 N–H and O–H groups in total. The third-order valence-electron chi connectivity index (χ3n) is 2.15. The normalized spacial score (nSPS) is 22.4. The Morgan fingerprint density at radius 3 is 3.25 bits per heavy atom. The monoisotopic (exact) mass is 167 g/mol. The second-order valence-electron chi connectivity index (χ2n) is 3.04. The molecule has 1 atom stereocenters. The molecule has 12 heavy (non-hydrogen) atoms. The highest BCUT2D eigenvalue weighted by atomic mass is 16.5. The first kappa shape index (κ1) is 7.49. The van der Waals surface area contributed by atoms with Gasteiger partial charge in [-0.25, -0.2) is 0 Å². The molecular formula is C8H9NO3. The molecule has 0 bridgehead atoms. The standard InChI is InChI=1S/C8H9NO3/c10-4-5-1-7(11)6-3-9-12-8(6)2-5/h3,5,10H,1-2,4H2. The zero-order chi connectivity index (χ0) is 8.55. The van der Waals surface area contributed by atoms with Crippen LogP contribution in [0.3, 0.4) is 0 Å². The van der Waals surface area contributed by atoms with Crippen molar-refractivity contribution >= 4 is 5.78 Å². The van der Waals surface area contributed by atoms with E-state index in [1.165, 1.54) is 6.20 Å². The fourth-order valence-corrected chi connectivity index (χ4v) is 1.47. The van der Waals surface area contributed by atoms with Crippen molar-refractivity contribution in [3.05, 3.63) is 17.5 Å². The van der Waals surface area contributed by atoms with Crippen LogP contribution in [0.15, 0.2) is 10.7 Å². The molecule has 0 spiro atoms. The van der Waals surface area contributed by atoms with Crippen LogP contribution in [0, 0.1) is 5.92 Å². The fraction of sp³-hybridized carbons (Fsp3) is 0.500. The van der Waals surface area contributed by atoms with Gasteiger partial charge in [-0.15, -0.1) is 0 Å². The summed E-state index contributed by atoms with van der Waals surface area (Å²) < 4.78 is 4.88. The van der Waals surface area contributed by atoms with Gasteiger partial charge in [-0.1, -0.05) is 5.16 Å². The van der Waals surface area contributed by atoms with E-state index in [0.717, 1.165) is 0 Å². The Morgan fingerprint density at radius 2 is 2.50 bits per heavy atom. The van der Waals surface area contributed by atoms with Crippen LogP contribution in [0.25, 0.3) is 0 Å². The molecule has 1 unspecified atom stereocenters. The van der Waals surface area contributed by atoms with E-state index in [0.29, 0.717) is 24.2 Å². The molecule has 0 saturated carbocycles. The van der Waals surface area contributed by atoms with E-state index in [-0.39, 0.29) is 18.3 Å². The number of hydrogen-bond donors (Lipinski definition) is 1. The number of fused-ring (bicyclic) bond motifs is 1. The lowest BCUT2D eigenvalue weighted by Crippen LogP contribution is -2.21. The number of carbonyl (C=O) groups is 1. The number of carbonyl (C=O) groups excluding carboxylic acids is 1. The summed E-state index contributed by atoms with van der Waals surface area (Å²) in [5, 5.41) is 12.4. The maximum atomic E-state index is 11.3.